The summed E-state index contributed by atoms with van der Waals surface area (Å²) in [4.78, 5) is 29.4. The molecule has 1 unspecified atom stereocenters. The third-order valence-electron chi connectivity index (χ3n) is 3.84. The van der Waals surface area contributed by atoms with Crippen molar-refractivity contribution in [3.8, 4) is 0 Å². The van der Waals surface area contributed by atoms with Crippen molar-refractivity contribution in [2.75, 3.05) is 24.5 Å². The monoisotopic (exact) mass is 319 g/mol. The zero-order valence-corrected chi connectivity index (χ0v) is 13.7. The molecule has 0 bridgehead atoms. The van der Waals surface area contributed by atoms with Crippen molar-refractivity contribution in [2.24, 2.45) is 0 Å². The number of nitrogens with one attached hydrogen (secondary N) is 3. The van der Waals surface area contributed by atoms with Crippen LogP contribution in [0.3, 0.4) is 0 Å². The number of nitrogens with zero attached hydrogens (tertiary/aromatic N) is 2. The van der Waals surface area contributed by atoms with Gasteiger partial charge in [-0.15, -0.1) is 0 Å². The van der Waals surface area contributed by atoms with Crippen LogP contribution in [-0.4, -0.2) is 48.6 Å². The molecule has 0 spiro atoms. The number of carbonyl (C=O) groups is 2. The van der Waals surface area contributed by atoms with Gasteiger partial charge in [-0.2, -0.15) is 0 Å². The van der Waals surface area contributed by atoms with Crippen LogP contribution < -0.4 is 20.9 Å². The zero-order chi connectivity index (χ0) is 16.7. The van der Waals surface area contributed by atoms with Gasteiger partial charge in [0.1, 0.15) is 5.82 Å². The molecule has 3 N–H and O–H groups in total. The maximum Gasteiger partial charge on any atom is 0.315 e. The van der Waals surface area contributed by atoms with Crippen molar-refractivity contribution in [1.82, 2.24) is 20.9 Å². The lowest BCUT2D eigenvalue weighted by atomic mass is 10.1. The van der Waals surface area contributed by atoms with Crippen LogP contribution in [0.15, 0.2) is 24.4 Å². The molecule has 7 nitrogen and oxygen atoms in total. The van der Waals surface area contributed by atoms with E-state index < -0.39 is 0 Å². The summed E-state index contributed by atoms with van der Waals surface area (Å²) in [5.41, 5.74) is 0. The molecular formula is C16H25N5O2. The lowest BCUT2D eigenvalue weighted by Crippen LogP contribution is -2.51. The number of anilines is 1. The Kier molecular flexibility index (Phi) is 6.19. The molecule has 1 aliphatic heterocycles. The molecule has 1 atom stereocenters. The van der Waals surface area contributed by atoms with E-state index in [-0.39, 0.29) is 24.0 Å². The molecule has 1 fully saturated rings. The van der Waals surface area contributed by atoms with Gasteiger partial charge in [-0.3, -0.25) is 4.79 Å². The second-order valence-electron chi connectivity index (χ2n) is 5.91. The van der Waals surface area contributed by atoms with Crippen LogP contribution in [0.4, 0.5) is 10.6 Å². The molecule has 3 amide bonds. The minimum absolute atomic E-state index is 0.0963. The van der Waals surface area contributed by atoms with Crippen LogP contribution in [0.25, 0.3) is 0 Å². The second-order valence-corrected chi connectivity index (χ2v) is 5.91. The molecule has 0 saturated carbocycles. The fraction of sp³-hybridized carbons (Fsp3) is 0.562. The van der Waals surface area contributed by atoms with Crippen LogP contribution in [0.5, 0.6) is 0 Å². The smallest absolute Gasteiger partial charge is 0.315 e. The number of carbonyl (C=O) groups excluding carboxylic acids is 2. The van der Waals surface area contributed by atoms with E-state index in [0.717, 1.165) is 31.7 Å². The predicted octanol–water partition coefficient (Wildman–Crippen LogP) is 0.874. The van der Waals surface area contributed by atoms with Gasteiger partial charge in [-0.05, 0) is 31.9 Å². The molecule has 2 rings (SSSR count). The number of piperidine rings is 1. The van der Waals surface area contributed by atoms with E-state index in [2.05, 4.69) is 25.8 Å². The van der Waals surface area contributed by atoms with E-state index in [0.29, 0.717) is 6.54 Å². The maximum atomic E-state index is 12.0. The van der Waals surface area contributed by atoms with Gasteiger partial charge in [-0.25, -0.2) is 9.78 Å². The van der Waals surface area contributed by atoms with Gasteiger partial charge in [0.05, 0.1) is 0 Å². The summed E-state index contributed by atoms with van der Waals surface area (Å²) in [5, 5.41) is 8.52. The quantitative estimate of drug-likeness (QED) is 0.752. The van der Waals surface area contributed by atoms with Crippen LogP contribution in [0, 0.1) is 0 Å². The van der Waals surface area contributed by atoms with Crippen LogP contribution in [-0.2, 0) is 4.79 Å². The first kappa shape index (κ1) is 17.1. The third kappa shape index (κ3) is 5.77. The van der Waals surface area contributed by atoms with Crippen molar-refractivity contribution in [3.63, 3.8) is 0 Å². The van der Waals surface area contributed by atoms with E-state index in [1.807, 2.05) is 25.1 Å². The first-order valence-corrected chi connectivity index (χ1v) is 8.02. The van der Waals surface area contributed by atoms with Crippen molar-refractivity contribution < 1.29 is 9.59 Å². The van der Waals surface area contributed by atoms with Gasteiger partial charge >= 0.3 is 6.03 Å². The third-order valence-corrected chi connectivity index (χ3v) is 3.84. The average molecular weight is 319 g/mol. The molecule has 1 aromatic heterocycles. The summed E-state index contributed by atoms with van der Waals surface area (Å²) in [7, 11) is 0. The second kappa shape index (κ2) is 8.36. The summed E-state index contributed by atoms with van der Waals surface area (Å²) in [6.45, 7) is 5.51. The van der Waals surface area contributed by atoms with Gasteiger partial charge in [-0.1, -0.05) is 6.07 Å². The molecule has 7 heteroatoms. The first-order chi connectivity index (χ1) is 11.0. The summed E-state index contributed by atoms with van der Waals surface area (Å²) in [5.74, 6) is 0.889. The number of aromatic nitrogens is 1. The molecule has 23 heavy (non-hydrogen) atoms. The molecule has 1 aromatic rings. The molecular weight excluding hydrogens is 294 g/mol. The fourth-order valence-corrected chi connectivity index (χ4v) is 2.59. The Morgan fingerprint density at radius 1 is 1.35 bits per heavy atom. The number of pyridine rings is 1. The topological polar surface area (TPSA) is 86.4 Å². The highest BCUT2D eigenvalue weighted by molar-refractivity contribution is 5.75. The minimum Gasteiger partial charge on any atom is -0.356 e. The van der Waals surface area contributed by atoms with Crippen LogP contribution >= 0.6 is 0 Å². The molecule has 0 radical (unpaired) electrons. The van der Waals surface area contributed by atoms with Crippen molar-refractivity contribution in [1.29, 1.82) is 0 Å². The number of rotatable bonds is 5. The largest absolute Gasteiger partial charge is 0.356 e. The van der Waals surface area contributed by atoms with Gasteiger partial charge < -0.3 is 20.9 Å². The molecule has 126 valence electrons. The standard InChI is InChI=1S/C16H25N5O2/c1-12(11-18-13(2)22)19-16(23)20-14-6-9-21(10-7-14)15-5-3-4-8-17-15/h3-5,8,12,14H,6-7,9-11H2,1-2H3,(H,18,22)(H2,19,20,23). The van der Waals surface area contributed by atoms with Crippen LogP contribution in [0.1, 0.15) is 26.7 Å². The molecule has 0 aliphatic carbocycles. The SMILES string of the molecule is CC(=O)NCC(C)NC(=O)NC1CCN(c2ccccn2)CC1. The highest BCUT2D eigenvalue weighted by Crippen LogP contribution is 2.17. The van der Waals surface area contributed by atoms with E-state index in [9.17, 15) is 9.59 Å². The van der Waals surface area contributed by atoms with Gasteiger partial charge in [0.15, 0.2) is 0 Å². The highest BCUT2D eigenvalue weighted by atomic mass is 16.2. The maximum absolute atomic E-state index is 12.0. The summed E-state index contributed by atoms with van der Waals surface area (Å²) >= 11 is 0. The zero-order valence-electron chi connectivity index (χ0n) is 13.7. The Labute approximate surface area is 136 Å². The van der Waals surface area contributed by atoms with E-state index in [1.54, 1.807) is 6.20 Å². The molecule has 1 saturated heterocycles. The average Bonchev–Trinajstić information content (AvgIpc) is 2.54. The summed E-state index contributed by atoms with van der Waals surface area (Å²) < 4.78 is 0. The Balaban J connectivity index is 1.69. The van der Waals surface area contributed by atoms with Crippen molar-refractivity contribution in [2.45, 2.75) is 38.8 Å². The van der Waals surface area contributed by atoms with E-state index in [1.165, 1.54) is 6.92 Å². The highest BCUT2D eigenvalue weighted by Gasteiger charge is 2.21. The minimum atomic E-state index is -0.181. The first-order valence-electron chi connectivity index (χ1n) is 8.02. The summed E-state index contributed by atoms with van der Waals surface area (Å²) in [6.07, 6.45) is 3.58. The number of urea groups is 1. The molecule has 0 aromatic carbocycles. The normalized spacial score (nSPS) is 16.5. The number of hydrogen-bond acceptors (Lipinski definition) is 4. The fourth-order valence-electron chi connectivity index (χ4n) is 2.59. The Bertz CT molecular complexity index is 514. The van der Waals surface area contributed by atoms with Gasteiger partial charge in [0, 0.05) is 44.8 Å². The number of amides is 3. The lowest BCUT2D eigenvalue weighted by Gasteiger charge is -2.33. The Morgan fingerprint density at radius 2 is 2.09 bits per heavy atom. The van der Waals surface area contributed by atoms with Crippen LogP contribution in [0.2, 0.25) is 0 Å². The Morgan fingerprint density at radius 3 is 2.70 bits per heavy atom. The van der Waals surface area contributed by atoms with E-state index in [4.69, 9.17) is 0 Å². The molecule has 2 heterocycles. The number of hydrogen-bond donors (Lipinski definition) is 3. The Hall–Kier alpha value is -2.31. The van der Waals surface area contributed by atoms with Crippen molar-refractivity contribution in [3.05, 3.63) is 24.4 Å². The van der Waals surface area contributed by atoms with E-state index >= 15 is 0 Å². The predicted molar refractivity (Wildman–Crippen MR) is 89.3 cm³/mol. The molecule has 1 aliphatic rings. The summed E-state index contributed by atoms with van der Waals surface area (Å²) in [6, 6.07) is 5.78. The van der Waals surface area contributed by atoms with Gasteiger partial charge in [0.25, 0.3) is 0 Å². The van der Waals surface area contributed by atoms with Crippen molar-refractivity contribution >= 4 is 17.8 Å². The lowest BCUT2D eigenvalue weighted by molar-refractivity contribution is -0.119. The van der Waals surface area contributed by atoms with Gasteiger partial charge in [0.2, 0.25) is 5.91 Å².